The molecule has 6 heteroatoms. The highest BCUT2D eigenvalue weighted by Gasteiger charge is 2.37. The van der Waals surface area contributed by atoms with Gasteiger partial charge in [0.05, 0.1) is 6.61 Å². The van der Waals surface area contributed by atoms with Crippen LogP contribution in [0.4, 0.5) is 13.2 Å². The van der Waals surface area contributed by atoms with E-state index in [1.165, 1.54) is 34.9 Å². The molecule has 0 atom stereocenters. The molecular formula is C8H7F3INO. The molecule has 78 valence electrons. The van der Waals surface area contributed by atoms with Gasteiger partial charge in [0.15, 0.2) is 0 Å². The molecular weight excluding hydrogens is 310 g/mol. The second-order valence-corrected chi connectivity index (χ2v) is 3.43. The second kappa shape index (κ2) is 4.33. The molecule has 0 aromatic carbocycles. The Balaban J connectivity index is 3.22. The summed E-state index contributed by atoms with van der Waals surface area (Å²) in [6, 6.07) is 1.22. The molecule has 0 radical (unpaired) electrons. The van der Waals surface area contributed by atoms with Gasteiger partial charge in [-0.3, -0.25) is 0 Å². The Morgan fingerprint density at radius 2 is 2.14 bits per heavy atom. The van der Waals surface area contributed by atoms with Gasteiger partial charge in [-0.05, 0) is 35.6 Å². The molecule has 0 saturated carbocycles. The fourth-order valence-electron chi connectivity index (χ4n) is 0.952. The van der Waals surface area contributed by atoms with Gasteiger partial charge in [-0.25, -0.2) is 4.98 Å². The van der Waals surface area contributed by atoms with Crippen molar-refractivity contribution in [3.05, 3.63) is 21.5 Å². The molecule has 0 amide bonds. The van der Waals surface area contributed by atoms with Crippen LogP contribution in [0.1, 0.15) is 12.5 Å². The van der Waals surface area contributed by atoms with Crippen LogP contribution in [0, 0.1) is 3.70 Å². The fourth-order valence-corrected chi connectivity index (χ4v) is 1.68. The summed E-state index contributed by atoms with van der Waals surface area (Å²) in [5.41, 5.74) is -0.803. The first-order chi connectivity index (χ1) is 6.46. The minimum atomic E-state index is -4.42. The van der Waals surface area contributed by atoms with Gasteiger partial charge < -0.3 is 4.74 Å². The first kappa shape index (κ1) is 11.5. The summed E-state index contributed by atoms with van der Waals surface area (Å²) in [4.78, 5) is 3.58. The normalized spacial score (nSPS) is 11.5. The van der Waals surface area contributed by atoms with Crippen LogP contribution in [-0.2, 0) is 6.18 Å². The summed E-state index contributed by atoms with van der Waals surface area (Å²) < 4.78 is 42.3. The molecule has 0 spiro atoms. The molecule has 2 nitrogen and oxygen atoms in total. The Bertz CT molecular complexity index is 327. The molecule has 0 bridgehead atoms. The van der Waals surface area contributed by atoms with Crippen LogP contribution in [0.15, 0.2) is 12.3 Å². The zero-order chi connectivity index (χ0) is 10.8. The van der Waals surface area contributed by atoms with Crippen molar-refractivity contribution < 1.29 is 17.9 Å². The number of pyridine rings is 1. The number of hydrogen-bond donors (Lipinski definition) is 0. The molecule has 0 aliphatic heterocycles. The molecule has 1 rings (SSSR count). The van der Waals surface area contributed by atoms with Gasteiger partial charge >= 0.3 is 6.18 Å². The molecule has 0 aliphatic rings. The zero-order valence-electron chi connectivity index (χ0n) is 7.23. The lowest BCUT2D eigenvalue weighted by molar-refractivity contribution is -0.139. The number of nitrogens with zero attached hydrogens (tertiary/aromatic N) is 1. The Hall–Kier alpha value is -0.530. The Kier molecular flexibility index (Phi) is 3.57. The lowest BCUT2D eigenvalue weighted by Crippen LogP contribution is -2.11. The molecule has 14 heavy (non-hydrogen) atoms. The van der Waals surface area contributed by atoms with Crippen LogP contribution < -0.4 is 4.74 Å². The van der Waals surface area contributed by atoms with Gasteiger partial charge in [0.1, 0.15) is 15.0 Å². The monoisotopic (exact) mass is 317 g/mol. The van der Waals surface area contributed by atoms with Gasteiger partial charge in [0.25, 0.3) is 0 Å². The van der Waals surface area contributed by atoms with E-state index in [4.69, 9.17) is 4.74 Å². The van der Waals surface area contributed by atoms with Gasteiger partial charge in [0, 0.05) is 6.20 Å². The van der Waals surface area contributed by atoms with E-state index in [1.807, 2.05) is 0 Å². The maximum Gasteiger partial charge on any atom is 0.422 e. The van der Waals surface area contributed by atoms with Crippen molar-refractivity contribution in [2.24, 2.45) is 0 Å². The van der Waals surface area contributed by atoms with Crippen LogP contribution in [0.2, 0.25) is 0 Å². The zero-order valence-corrected chi connectivity index (χ0v) is 9.39. The summed E-state index contributed by atoms with van der Waals surface area (Å²) in [5, 5.41) is 0. The second-order valence-electron chi connectivity index (χ2n) is 2.41. The van der Waals surface area contributed by atoms with Crippen molar-refractivity contribution in [1.82, 2.24) is 4.98 Å². The number of aromatic nitrogens is 1. The number of alkyl halides is 3. The minimum Gasteiger partial charge on any atom is -0.493 e. The molecule has 0 N–H and O–H groups in total. The van der Waals surface area contributed by atoms with E-state index in [2.05, 4.69) is 4.98 Å². The highest BCUT2D eigenvalue weighted by molar-refractivity contribution is 14.1. The SMILES string of the molecule is CCOc1ccnc(I)c1C(F)(F)F. The van der Waals surface area contributed by atoms with Crippen molar-refractivity contribution >= 4 is 22.6 Å². The van der Waals surface area contributed by atoms with E-state index in [-0.39, 0.29) is 16.1 Å². The van der Waals surface area contributed by atoms with Crippen LogP contribution in [0.25, 0.3) is 0 Å². The van der Waals surface area contributed by atoms with Gasteiger partial charge in [0.2, 0.25) is 0 Å². The number of ether oxygens (including phenoxy) is 1. The molecule has 1 aromatic rings. The summed E-state index contributed by atoms with van der Waals surface area (Å²) >= 11 is 1.54. The minimum absolute atomic E-state index is 0.0962. The summed E-state index contributed by atoms with van der Waals surface area (Å²) in [5.74, 6) is -0.167. The van der Waals surface area contributed by atoms with E-state index in [9.17, 15) is 13.2 Å². The third-order valence-corrected chi connectivity index (χ3v) is 2.27. The van der Waals surface area contributed by atoms with E-state index in [0.29, 0.717) is 0 Å². The van der Waals surface area contributed by atoms with Crippen LogP contribution in [-0.4, -0.2) is 11.6 Å². The molecule has 1 heterocycles. The molecule has 0 saturated heterocycles. The highest BCUT2D eigenvalue weighted by atomic mass is 127. The first-order valence-electron chi connectivity index (χ1n) is 3.81. The largest absolute Gasteiger partial charge is 0.493 e. The molecule has 0 unspecified atom stereocenters. The third kappa shape index (κ3) is 2.49. The smallest absolute Gasteiger partial charge is 0.422 e. The lowest BCUT2D eigenvalue weighted by atomic mass is 10.2. The fraction of sp³-hybridized carbons (Fsp3) is 0.375. The van der Waals surface area contributed by atoms with Crippen molar-refractivity contribution in [3.8, 4) is 5.75 Å². The lowest BCUT2D eigenvalue weighted by Gasteiger charge is -2.13. The van der Waals surface area contributed by atoms with Crippen LogP contribution in [0.3, 0.4) is 0 Å². The quantitative estimate of drug-likeness (QED) is 0.618. The average molecular weight is 317 g/mol. The number of hydrogen-bond acceptors (Lipinski definition) is 2. The van der Waals surface area contributed by atoms with Crippen LogP contribution in [0.5, 0.6) is 5.75 Å². The van der Waals surface area contributed by atoms with E-state index >= 15 is 0 Å². The molecule has 0 fully saturated rings. The van der Waals surface area contributed by atoms with Crippen molar-refractivity contribution in [1.29, 1.82) is 0 Å². The van der Waals surface area contributed by atoms with Crippen molar-refractivity contribution in [2.45, 2.75) is 13.1 Å². The Morgan fingerprint density at radius 3 is 2.64 bits per heavy atom. The topological polar surface area (TPSA) is 22.1 Å². The van der Waals surface area contributed by atoms with Crippen molar-refractivity contribution in [2.75, 3.05) is 6.61 Å². The Labute approximate surface area is 92.6 Å². The Morgan fingerprint density at radius 1 is 1.50 bits per heavy atom. The van der Waals surface area contributed by atoms with E-state index in [0.717, 1.165) is 0 Å². The molecule has 0 aliphatic carbocycles. The van der Waals surface area contributed by atoms with Gasteiger partial charge in [-0.1, -0.05) is 0 Å². The van der Waals surface area contributed by atoms with E-state index in [1.54, 1.807) is 6.92 Å². The summed E-state index contributed by atoms with van der Waals surface area (Å²) in [7, 11) is 0. The number of rotatable bonds is 2. The average Bonchev–Trinajstić information content (AvgIpc) is 2.02. The summed E-state index contributed by atoms with van der Waals surface area (Å²) in [6.07, 6.45) is -3.13. The third-order valence-electron chi connectivity index (χ3n) is 1.45. The van der Waals surface area contributed by atoms with Gasteiger partial charge in [-0.2, -0.15) is 13.2 Å². The predicted molar refractivity (Wildman–Crippen MR) is 53.1 cm³/mol. The maximum absolute atomic E-state index is 12.5. The van der Waals surface area contributed by atoms with Crippen molar-refractivity contribution in [3.63, 3.8) is 0 Å². The number of halogens is 4. The summed E-state index contributed by atoms with van der Waals surface area (Å²) in [6.45, 7) is 1.83. The predicted octanol–water partition coefficient (Wildman–Crippen LogP) is 3.10. The van der Waals surface area contributed by atoms with Gasteiger partial charge in [-0.15, -0.1) is 0 Å². The van der Waals surface area contributed by atoms with E-state index < -0.39 is 11.7 Å². The molecule has 1 aromatic heterocycles. The highest BCUT2D eigenvalue weighted by Crippen LogP contribution is 2.38. The standard InChI is InChI=1S/C8H7F3INO/c1-2-14-5-3-4-13-7(12)6(5)8(9,10)11/h3-4H,2H2,1H3. The maximum atomic E-state index is 12.5. The van der Waals surface area contributed by atoms with Crippen LogP contribution >= 0.6 is 22.6 Å². The first-order valence-corrected chi connectivity index (χ1v) is 4.89.